The summed E-state index contributed by atoms with van der Waals surface area (Å²) in [6.45, 7) is 13.0. The van der Waals surface area contributed by atoms with Gasteiger partial charge in [-0.25, -0.2) is 0 Å². The van der Waals surface area contributed by atoms with Gasteiger partial charge in [-0.05, 0) is 51.4 Å². The molecule has 4 unspecified atom stereocenters. The summed E-state index contributed by atoms with van der Waals surface area (Å²) in [6, 6.07) is 0. The van der Waals surface area contributed by atoms with Crippen molar-refractivity contribution < 1.29 is 18.8 Å². The molecule has 0 aromatic heterocycles. The third-order valence-corrected chi connectivity index (χ3v) is 8.87. The van der Waals surface area contributed by atoms with Gasteiger partial charge in [-0.2, -0.15) is 0 Å². The van der Waals surface area contributed by atoms with E-state index in [1.807, 2.05) is 0 Å². The molecule has 4 nitrogen and oxygen atoms in total. The van der Waals surface area contributed by atoms with E-state index in [4.69, 9.17) is 14.0 Å². The van der Waals surface area contributed by atoms with Crippen LogP contribution in [0.1, 0.15) is 41.5 Å². The minimum atomic E-state index is -0.309. The summed E-state index contributed by atoms with van der Waals surface area (Å²) in [4.78, 5) is 12.4. The van der Waals surface area contributed by atoms with Crippen LogP contribution >= 0.6 is 0 Å². The van der Waals surface area contributed by atoms with E-state index in [2.05, 4.69) is 41.5 Å². The highest BCUT2D eigenvalue weighted by Crippen LogP contribution is 3.20. The van der Waals surface area contributed by atoms with Gasteiger partial charge in [0.05, 0.1) is 23.7 Å². The summed E-state index contributed by atoms with van der Waals surface area (Å²) in [6.07, 6.45) is 0. The van der Waals surface area contributed by atoms with Gasteiger partial charge in [-0.1, -0.05) is 13.8 Å². The lowest BCUT2D eigenvalue weighted by Crippen LogP contribution is -2.67. The van der Waals surface area contributed by atoms with Crippen LogP contribution in [0.5, 0.6) is 0 Å². The van der Waals surface area contributed by atoms with Crippen LogP contribution in [0.3, 0.4) is 0 Å². The van der Waals surface area contributed by atoms with E-state index in [0.717, 1.165) is 0 Å². The van der Waals surface area contributed by atoms with Crippen molar-refractivity contribution in [1.29, 1.82) is 0 Å². The minimum Gasteiger partial charge on any atom is -0.469 e. The number of carbonyl (C=O) groups excluding carboxylic acids is 1. The smallest absolute Gasteiger partial charge is 0.465 e. The number of hydrogen-bond acceptors (Lipinski definition) is 4. The van der Waals surface area contributed by atoms with Gasteiger partial charge in [0.1, 0.15) is 0 Å². The summed E-state index contributed by atoms with van der Waals surface area (Å²) in [5, 5.41) is 0.0154. The number of ether oxygens (including phenoxy) is 1. The second-order valence-corrected chi connectivity index (χ2v) is 9.28. The van der Waals surface area contributed by atoms with Crippen LogP contribution in [0.15, 0.2) is 0 Å². The normalized spacial score (nSPS) is 60.6. The predicted octanol–water partition coefficient (Wildman–Crippen LogP) is 2.52. The van der Waals surface area contributed by atoms with E-state index in [-0.39, 0.29) is 40.4 Å². The Morgan fingerprint density at radius 1 is 1.00 bits per heavy atom. The van der Waals surface area contributed by atoms with Crippen molar-refractivity contribution in [3.63, 3.8) is 0 Å². The average Bonchev–Trinajstić information content (AvgIpc) is 3.16. The van der Waals surface area contributed by atoms with E-state index in [9.17, 15) is 4.79 Å². The maximum Gasteiger partial charge on any atom is 0.465 e. The molecule has 1 spiro atoms. The van der Waals surface area contributed by atoms with Gasteiger partial charge in [-0.3, -0.25) is 4.79 Å². The van der Waals surface area contributed by atoms with Crippen molar-refractivity contribution in [3.8, 4) is 0 Å². The molecule has 0 N–H and O–H groups in total. The summed E-state index contributed by atoms with van der Waals surface area (Å²) in [5.41, 5.74) is -0.663. The quantitative estimate of drug-likeness (QED) is 0.581. The Morgan fingerprint density at radius 3 is 1.86 bits per heavy atom. The highest BCUT2D eigenvalue weighted by molar-refractivity contribution is 6.52. The Kier molecular flexibility index (Phi) is 1.92. The fraction of sp³-hybridized carbons (Fsp3) is 0.941. The lowest BCUT2D eigenvalue weighted by molar-refractivity contribution is -0.157. The number of rotatable bonds is 2. The molecular weight excluding hydrogens is 279 g/mol. The topological polar surface area (TPSA) is 44.8 Å². The molecule has 1 aliphatic heterocycles. The van der Waals surface area contributed by atoms with Gasteiger partial charge in [-0.15, -0.1) is 0 Å². The zero-order valence-electron chi connectivity index (χ0n) is 14.5. The minimum absolute atomic E-state index is 0.0112. The summed E-state index contributed by atoms with van der Waals surface area (Å²) < 4.78 is 18.0. The molecule has 0 amide bonds. The number of methoxy groups -OCH3 is 1. The van der Waals surface area contributed by atoms with Gasteiger partial charge in [0, 0.05) is 10.7 Å². The Labute approximate surface area is 132 Å². The molecule has 5 fully saturated rings. The van der Waals surface area contributed by atoms with Crippen LogP contribution in [0.25, 0.3) is 0 Å². The van der Waals surface area contributed by atoms with Crippen LogP contribution < -0.4 is 0 Å². The van der Waals surface area contributed by atoms with Crippen LogP contribution in [0, 0.1) is 34.5 Å². The van der Waals surface area contributed by atoms with Gasteiger partial charge >= 0.3 is 13.1 Å². The zero-order chi connectivity index (χ0) is 16.1. The number of fused-ring (bicyclic) bond motifs is 2. The molecule has 120 valence electrons. The molecule has 22 heavy (non-hydrogen) atoms. The largest absolute Gasteiger partial charge is 0.469 e. The summed E-state index contributed by atoms with van der Waals surface area (Å²) >= 11 is 0. The van der Waals surface area contributed by atoms with E-state index in [1.165, 1.54) is 7.11 Å². The fourth-order valence-electron chi connectivity index (χ4n) is 7.65. The first kappa shape index (κ1) is 13.9. The SMILES string of the molecule is COC(=O)C12C3C(C)C4(B5OC(C)(C)C(C)(C)O5)C(C)C1C342. The van der Waals surface area contributed by atoms with E-state index >= 15 is 0 Å². The standard InChI is InChI=1S/C17H25BO4/c1-8-10-15(12(19)20-7)11-9(2)17(8,16(10,11)15)18-21-13(3,4)14(5,6)22-18/h8-11H,1-7H3. The van der Waals surface area contributed by atoms with Gasteiger partial charge < -0.3 is 14.0 Å². The van der Waals surface area contributed by atoms with E-state index < -0.39 is 0 Å². The monoisotopic (exact) mass is 304 g/mol. The molecule has 1 saturated heterocycles. The molecule has 4 aliphatic carbocycles. The Balaban J connectivity index is 1.55. The molecule has 5 rings (SSSR count). The lowest BCUT2D eigenvalue weighted by atomic mass is 9.24. The van der Waals surface area contributed by atoms with Crippen molar-refractivity contribution in [2.45, 2.75) is 58.1 Å². The second-order valence-electron chi connectivity index (χ2n) is 9.28. The summed E-state index contributed by atoms with van der Waals surface area (Å²) in [5.74, 6) is 1.97. The fourth-order valence-corrected chi connectivity index (χ4v) is 7.65. The average molecular weight is 304 g/mol. The molecule has 5 heteroatoms. The first-order valence-electron chi connectivity index (χ1n) is 8.54. The van der Waals surface area contributed by atoms with Crippen molar-refractivity contribution >= 4 is 13.1 Å². The number of hydrogen-bond donors (Lipinski definition) is 0. The van der Waals surface area contributed by atoms with Crippen molar-refractivity contribution in [2.75, 3.05) is 7.11 Å². The number of esters is 1. The molecule has 0 bridgehead atoms. The van der Waals surface area contributed by atoms with Crippen molar-refractivity contribution in [1.82, 2.24) is 0 Å². The molecule has 1 heterocycles. The van der Waals surface area contributed by atoms with Gasteiger partial charge in [0.15, 0.2) is 0 Å². The third-order valence-electron chi connectivity index (χ3n) is 8.87. The Bertz CT molecular complexity index is 590. The first-order chi connectivity index (χ1) is 10.1. The third kappa shape index (κ3) is 0.810. The molecule has 0 aromatic rings. The molecular formula is C17H25BO4. The number of carbonyl (C=O) groups is 1. The lowest BCUT2D eigenvalue weighted by Gasteiger charge is -2.68. The van der Waals surface area contributed by atoms with E-state index in [1.54, 1.807) is 0 Å². The highest BCUT2D eigenvalue weighted by Gasteiger charge is 3.21. The molecule has 4 saturated carbocycles. The molecule has 0 radical (unpaired) electrons. The van der Waals surface area contributed by atoms with Crippen LogP contribution in [-0.2, 0) is 18.8 Å². The Hall–Kier alpha value is -0.545. The van der Waals surface area contributed by atoms with Crippen molar-refractivity contribution in [3.05, 3.63) is 0 Å². The van der Waals surface area contributed by atoms with Crippen LogP contribution in [0.2, 0.25) is 5.31 Å². The highest BCUT2D eigenvalue weighted by atomic mass is 16.7. The van der Waals surface area contributed by atoms with Crippen LogP contribution in [-0.4, -0.2) is 31.4 Å². The molecule has 0 aromatic carbocycles. The predicted molar refractivity (Wildman–Crippen MR) is 81.0 cm³/mol. The maximum atomic E-state index is 12.4. The zero-order valence-corrected chi connectivity index (χ0v) is 14.5. The van der Waals surface area contributed by atoms with Crippen molar-refractivity contribution in [2.24, 2.45) is 34.5 Å². The van der Waals surface area contributed by atoms with Gasteiger partial charge in [0.2, 0.25) is 0 Å². The maximum absolute atomic E-state index is 12.4. The summed E-state index contributed by atoms with van der Waals surface area (Å²) in [7, 11) is 1.33. The second kappa shape index (κ2) is 3.04. The Morgan fingerprint density at radius 2 is 1.45 bits per heavy atom. The van der Waals surface area contributed by atoms with Gasteiger partial charge in [0.25, 0.3) is 0 Å². The molecule has 4 atom stereocenters. The molecule has 5 aliphatic rings. The first-order valence-corrected chi connectivity index (χ1v) is 8.54. The van der Waals surface area contributed by atoms with Crippen LogP contribution in [0.4, 0.5) is 0 Å². The van der Waals surface area contributed by atoms with E-state index in [0.29, 0.717) is 23.7 Å².